The van der Waals surface area contributed by atoms with Crippen LogP contribution in [0.15, 0.2) is 17.0 Å². The predicted molar refractivity (Wildman–Crippen MR) is 79.8 cm³/mol. The fourth-order valence-corrected chi connectivity index (χ4v) is 4.04. The average Bonchev–Trinajstić information content (AvgIpc) is 2.24. The third kappa shape index (κ3) is 4.06. The van der Waals surface area contributed by atoms with Crippen molar-refractivity contribution in [3.8, 4) is 6.07 Å². The van der Waals surface area contributed by atoms with Crippen LogP contribution in [0.5, 0.6) is 0 Å². The second-order valence-electron chi connectivity index (χ2n) is 5.66. The van der Waals surface area contributed by atoms with Gasteiger partial charge in [0.2, 0.25) is 10.0 Å². The normalized spacial score (nSPS) is 13.2. The van der Waals surface area contributed by atoms with Gasteiger partial charge in [-0.25, -0.2) is 8.42 Å². The lowest BCUT2D eigenvalue weighted by Gasteiger charge is -2.17. The largest absolute Gasteiger partial charge is 0.242 e. The van der Waals surface area contributed by atoms with Gasteiger partial charge in [0.15, 0.2) is 0 Å². The first-order valence-electron chi connectivity index (χ1n) is 6.67. The van der Waals surface area contributed by atoms with E-state index in [-0.39, 0.29) is 10.8 Å². The van der Waals surface area contributed by atoms with Crippen LogP contribution in [0.2, 0.25) is 0 Å². The fraction of sp³-hybridized carbons (Fsp3) is 0.533. The molecule has 0 aromatic heterocycles. The van der Waals surface area contributed by atoms with Crippen molar-refractivity contribution >= 4 is 10.0 Å². The minimum absolute atomic E-state index is 0.252. The Bertz CT molecular complexity index is 605. The third-order valence-electron chi connectivity index (χ3n) is 3.03. The number of nitriles is 1. The lowest BCUT2D eigenvalue weighted by molar-refractivity contribution is 0.512. The minimum atomic E-state index is -3.67. The molecule has 0 radical (unpaired) electrons. The summed E-state index contributed by atoms with van der Waals surface area (Å²) in [5.74, 6) is 0.252. The summed E-state index contributed by atoms with van der Waals surface area (Å²) in [6.45, 7) is 9.40. The summed E-state index contributed by atoms with van der Waals surface area (Å²) in [5.41, 5.74) is 2.44. The van der Waals surface area contributed by atoms with Crippen LogP contribution in [-0.2, 0) is 10.0 Å². The molecule has 0 fully saturated rings. The number of nitrogens with one attached hydrogen (secondary N) is 1. The Hall–Kier alpha value is -1.38. The van der Waals surface area contributed by atoms with Gasteiger partial charge in [-0.05, 0) is 44.2 Å². The van der Waals surface area contributed by atoms with E-state index in [2.05, 4.69) is 4.72 Å². The van der Waals surface area contributed by atoms with Gasteiger partial charge >= 0.3 is 0 Å². The van der Waals surface area contributed by atoms with Crippen LogP contribution in [0.3, 0.4) is 0 Å². The SMILES string of the molecule is Cc1cc(C)c(S(=O)(=O)N[C@H](C#N)CC(C)C)c(C)c1. The number of benzene rings is 1. The Balaban J connectivity index is 3.15. The van der Waals surface area contributed by atoms with Gasteiger partial charge in [-0.2, -0.15) is 9.98 Å². The molecular weight excluding hydrogens is 272 g/mol. The zero-order chi connectivity index (χ0) is 15.5. The number of hydrogen-bond acceptors (Lipinski definition) is 3. The highest BCUT2D eigenvalue weighted by Crippen LogP contribution is 2.22. The first kappa shape index (κ1) is 16.7. The Morgan fingerprint density at radius 1 is 1.20 bits per heavy atom. The van der Waals surface area contributed by atoms with E-state index in [0.717, 1.165) is 5.56 Å². The molecule has 1 aromatic rings. The van der Waals surface area contributed by atoms with Gasteiger partial charge in [-0.15, -0.1) is 0 Å². The number of sulfonamides is 1. The van der Waals surface area contributed by atoms with Crippen molar-refractivity contribution in [2.75, 3.05) is 0 Å². The quantitative estimate of drug-likeness (QED) is 0.907. The molecule has 0 aliphatic carbocycles. The molecule has 0 unspecified atom stereocenters. The van der Waals surface area contributed by atoms with E-state index in [1.54, 1.807) is 13.8 Å². The number of nitrogens with zero attached hydrogens (tertiary/aromatic N) is 1. The van der Waals surface area contributed by atoms with E-state index in [1.165, 1.54) is 0 Å². The first-order valence-corrected chi connectivity index (χ1v) is 8.15. The van der Waals surface area contributed by atoms with Crippen molar-refractivity contribution in [1.82, 2.24) is 4.72 Å². The number of rotatable bonds is 5. The summed E-state index contributed by atoms with van der Waals surface area (Å²) in [6, 6.07) is 5.00. The smallest absolute Gasteiger partial charge is 0.207 e. The molecule has 0 aliphatic heterocycles. The molecular formula is C15H22N2O2S. The highest BCUT2D eigenvalue weighted by molar-refractivity contribution is 7.89. The molecule has 1 N–H and O–H groups in total. The topological polar surface area (TPSA) is 70.0 Å². The van der Waals surface area contributed by atoms with Gasteiger partial charge < -0.3 is 0 Å². The van der Waals surface area contributed by atoms with Crippen LogP contribution in [0.25, 0.3) is 0 Å². The molecule has 1 rings (SSSR count). The predicted octanol–water partition coefficient (Wildman–Crippen LogP) is 2.83. The van der Waals surface area contributed by atoms with Crippen LogP contribution in [0, 0.1) is 38.0 Å². The number of aryl methyl sites for hydroxylation is 3. The van der Waals surface area contributed by atoms with Gasteiger partial charge in [0.25, 0.3) is 0 Å². The molecule has 110 valence electrons. The Morgan fingerprint density at radius 3 is 2.10 bits per heavy atom. The summed E-state index contributed by atoms with van der Waals surface area (Å²) in [4.78, 5) is 0.284. The van der Waals surface area contributed by atoms with Gasteiger partial charge in [-0.3, -0.25) is 0 Å². The second kappa shape index (κ2) is 6.38. The summed E-state index contributed by atoms with van der Waals surface area (Å²) in [7, 11) is -3.67. The van der Waals surface area contributed by atoms with Crippen LogP contribution in [0.1, 0.15) is 37.0 Å². The van der Waals surface area contributed by atoms with Crippen LogP contribution >= 0.6 is 0 Å². The molecule has 0 bridgehead atoms. The molecule has 0 saturated heterocycles. The highest BCUT2D eigenvalue weighted by atomic mass is 32.2. The first-order chi connectivity index (χ1) is 9.17. The molecule has 1 aromatic carbocycles. The maximum Gasteiger partial charge on any atom is 0.242 e. The lowest BCUT2D eigenvalue weighted by atomic mass is 10.1. The summed E-state index contributed by atoms with van der Waals surface area (Å²) in [5, 5.41) is 9.09. The van der Waals surface area contributed by atoms with E-state index in [9.17, 15) is 8.42 Å². The standard InChI is InChI=1S/C15H22N2O2S/c1-10(2)6-14(9-16)17-20(18,19)15-12(4)7-11(3)8-13(15)5/h7-8,10,14,17H,6H2,1-5H3/t14-/m0/s1. The summed E-state index contributed by atoms with van der Waals surface area (Å²) in [6.07, 6.45) is 0.500. The van der Waals surface area contributed by atoms with Crippen molar-refractivity contribution in [2.24, 2.45) is 5.92 Å². The van der Waals surface area contributed by atoms with Gasteiger partial charge in [0, 0.05) is 0 Å². The lowest BCUT2D eigenvalue weighted by Crippen LogP contribution is -2.35. The zero-order valence-corrected chi connectivity index (χ0v) is 13.5. The molecule has 1 atom stereocenters. The third-order valence-corrected chi connectivity index (χ3v) is 4.81. The Morgan fingerprint density at radius 2 is 1.70 bits per heavy atom. The van der Waals surface area contributed by atoms with Gasteiger partial charge in [-0.1, -0.05) is 31.5 Å². The van der Waals surface area contributed by atoms with Crippen molar-refractivity contribution in [3.63, 3.8) is 0 Å². The fourth-order valence-electron chi connectivity index (χ4n) is 2.44. The van der Waals surface area contributed by atoms with E-state index in [4.69, 9.17) is 5.26 Å². The average molecular weight is 294 g/mol. The van der Waals surface area contributed by atoms with Gasteiger partial charge in [0.1, 0.15) is 6.04 Å². The molecule has 20 heavy (non-hydrogen) atoms. The van der Waals surface area contributed by atoms with Crippen LogP contribution in [-0.4, -0.2) is 14.5 Å². The highest BCUT2D eigenvalue weighted by Gasteiger charge is 2.24. The Labute approximate surface area is 121 Å². The second-order valence-corrected chi connectivity index (χ2v) is 7.31. The van der Waals surface area contributed by atoms with Crippen molar-refractivity contribution in [1.29, 1.82) is 5.26 Å². The van der Waals surface area contributed by atoms with Crippen molar-refractivity contribution in [3.05, 3.63) is 28.8 Å². The summed E-state index contributed by atoms with van der Waals surface area (Å²) < 4.78 is 27.5. The van der Waals surface area contributed by atoms with Crippen molar-refractivity contribution in [2.45, 2.75) is 52.0 Å². The molecule has 4 nitrogen and oxygen atoms in total. The van der Waals surface area contributed by atoms with Crippen LogP contribution in [0.4, 0.5) is 0 Å². The maximum atomic E-state index is 12.5. The molecule has 0 heterocycles. The number of hydrogen-bond donors (Lipinski definition) is 1. The zero-order valence-electron chi connectivity index (χ0n) is 12.7. The van der Waals surface area contributed by atoms with E-state index in [0.29, 0.717) is 17.5 Å². The molecule has 0 amide bonds. The molecule has 0 aliphatic rings. The van der Waals surface area contributed by atoms with Gasteiger partial charge in [0.05, 0.1) is 11.0 Å². The Kier molecular flexibility index (Phi) is 5.32. The maximum absolute atomic E-state index is 12.5. The molecule has 0 spiro atoms. The van der Waals surface area contributed by atoms with E-state index >= 15 is 0 Å². The van der Waals surface area contributed by atoms with E-state index < -0.39 is 16.1 Å². The van der Waals surface area contributed by atoms with Crippen LogP contribution < -0.4 is 4.72 Å². The molecule has 5 heteroatoms. The minimum Gasteiger partial charge on any atom is -0.207 e. The van der Waals surface area contributed by atoms with E-state index in [1.807, 2.05) is 39.0 Å². The molecule has 0 saturated carbocycles. The van der Waals surface area contributed by atoms with Crippen molar-refractivity contribution < 1.29 is 8.42 Å². The monoisotopic (exact) mass is 294 g/mol. The summed E-state index contributed by atoms with van der Waals surface area (Å²) >= 11 is 0.